The maximum atomic E-state index is 15.0. The van der Waals surface area contributed by atoms with E-state index < -0.39 is 11.2 Å². The molecule has 40 heavy (non-hydrogen) atoms. The van der Waals surface area contributed by atoms with Gasteiger partial charge < -0.3 is 29.2 Å². The van der Waals surface area contributed by atoms with E-state index in [-0.39, 0.29) is 28.3 Å². The molecule has 0 unspecified atom stereocenters. The van der Waals surface area contributed by atoms with Crippen molar-refractivity contribution in [2.45, 2.75) is 19.8 Å². The number of anilines is 1. The Morgan fingerprint density at radius 1 is 1.02 bits per heavy atom. The summed E-state index contributed by atoms with van der Waals surface area (Å²) in [5.41, 5.74) is 0.755. The number of fused-ring (bicyclic) bond motifs is 4. The quantitative estimate of drug-likeness (QED) is 0.344. The first-order valence-corrected chi connectivity index (χ1v) is 13.9. The fourth-order valence-corrected chi connectivity index (χ4v) is 5.80. The number of likely N-dealkylation sites (tertiary alicyclic amines) is 1. The normalized spacial score (nSPS) is 16.3. The van der Waals surface area contributed by atoms with Gasteiger partial charge in [-0.25, -0.2) is 4.39 Å². The molecule has 4 heterocycles. The first-order chi connectivity index (χ1) is 19.5. The van der Waals surface area contributed by atoms with Crippen molar-refractivity contribution in [3.05, 3.63) is 70.3 Å². The highest BCUT2D eigenvalue weighted by Crippen LogP contribution is 2.47. The fourth-order valence-electron chi connectivity index (χ4n) is 5.80. The van der Waals surface area contributed by atoms with Crippen LogP contribution in [0.5, 0.6) is 11.5 Å². The Labute approximate surface area is 231 Å². The molecule has 7 rings (SSSR count). The number of hydrogen-bond donors (Lipinski definition) is 1. The van der Waals surface area contributed by atoms with Gasteiger partial charge in [0.05, 0.1) is 24.3 Å². The number of nitrogens with zero attached hydrogens (tertiary/aromatic N) is 3. The van der Waals surface area contributed by atoms with Gasteiger partial charge in [0.1, 0.15) is 16.8 Å². The van der Waals surface area contributed by atoms with Crippen molar-refractivity contribution >= 4 is 33.3 Å². The van der Waals surface area contributed by atoms with Gasteiger partial charge in [-0.1, -0.05) is 37.3 Å². The van der Waals surface area contributed by atoms with Gasteiger partial charge >= 0.3 is 0 Å². The molecule has 0 spiro atoms. The van der Waals surface area contributed by atoms with Crippen LogP contribution in [0, 0.1) is 5.82 Å². The minimum atomic E-state index is -0.621. The first-order valence-electron chi connectivity index (χ1n) is 13.9. The van der Waals surface area contributed by atoms with Crippen molar-refractivity contribution in [2.24, 2.45) is 0 Å². The summed E-state index contributed by atoms with van der Waals surface area (Å²) in [5.74, 6) is -0.276. The molecule has 4 aromatic rings. The summed E-state index contributed by atoms with van der Waals surface area (Å²) in [7, 11) is 1.60. The molecule has 1 N–H and O–H groups in total. The predicted molar refractivity (Wildman–Crippen MR) is 155 cm³/mol. The molecule has 0 radical (unpaired) electrons. The largest absolute Gasteiger partial charge is 0.451 e. The molecule has 0 aliphatic carbocycles. The van der Waals surface area contributed by atoms with Gasteiger partial charge in [0.15, 0.2) is 17.3 Å². The van der Waals surface area contributed by atoms with Crippen molar-refractivity contribution < 1.29 is 18.7 Å². The van der Waals surface area contributed by atoms with E-state index in [4.69, 9.17) is 9.47 Å². The third-order valence-electron chi connectivity index (χ3n) is 7.94. The second kappa shape index (κ2) is 10.9. The van der Waals surface area contributed by atoms with Crippen molar-refractivity contribution in [3.63, 3.8) is 0 Å². The molecule has 208 valence electrons. The summed E-state index contributed by atoms with van der Waals surface area (Å²) < 4.78 is 28.3. The number of morpholine rings is 1. The molecule has 0 atom stereocenters. The van der Waals surface area contributed by atoms with Gasteiger partial charge in [0.2, 0.25) is 5.43 Å². The lowest BCUT2D eigenvalue weighted by Crippen LogP contribution is -2.42. The molecule has 3 aliphatic heterocycles. The fraction of sp³-hybridized carbons (Fsp3) is 0.355. The molecule has 3 aliphatic rings. The number of carbonyl (C=O) groups is 1. The lowest BCUT2D eigenvalue weighted by Gasteiger charge is -2.29. The number of amides is 1. The molecule has 0 saturated carbocycles. The van der Waals surface area contributed by atoms with Crippen LogP contribution in [0.25, 0.3) is 27.4 Å². The molecular formula is C31H33FN4O4. The average molecular weight is 545 g/mol. The number of rotatable bonds is 3. The number of hydrogen-bond acceptors (Lipinski definition) is 6. The summed E-state index contributed by atoms with van der Waals surface area (Å²) in [6, 6.07) is 12.7. The van der Waals surface area contributed by atoms with Crippen molar-refractivity contribution in [1.82, 2.24) is 14.4 Å². The van der Waals surface area contributed by atoms with Gasteiger partial charge in [-0.05, 0) is 50.0 Å². The van der Waals surface area contributed by atoms with Crippen molar-refractivity contribution in [1.29, 1.82) is 0 Å². The SMILES string of the molecule is CCN1CCCC1.CNc1c(F)cc2c(=O)c(C(=O)N3CCOCC3)cn3c2c1Oc1ccc2ccccc2c1-3. The average Bonchev–Trinajstić information content (AvgIpc) is 3.53. The third-order valence-corrected chi connectivity index (χ3v) is 7.94. The van der Waals surface area contributed by atoms with Crippen LogP contribution in [0.1, 0.15) is 30.1 Å². The van der Waals surface area contributed by atoms with E-state index >= 15 is 4.39 Å². The maximum absolute atomic E-state index is 15.0. The Balaban J connectivity index is 0.000000363. The van der Waals surface area contributed by atoms with E-state index in [1.807, 2.05) is 36.4 Å². The van der Waals surface area contributed by atoms with E-state index in [2.05, 4.69) is 17.1 Å². The lowest BCUT2D eigenvalue weighted by atomic mass is 10.0. The Morgan fingerprint density at radius 3 is 2.48 bits per heavy atom. The van der Waals surface area contributed by atoms with Crippen LogP contribution in [0.2, 0.25) is 0 Å². The highest BCUT2D eigenvalue weighted by Gasteiger charge is 2.30. The minimum Gasteiger partial charge on any atom is -0.451 e. The third kappa shape index (κ3) is 4.49. The number of halogens is 1. The van der Waals surface area contributed by atoms with Crippen LogP contribution >= 0.6 is 0 Å². The molecule has 2 saturated heterocycles. The maximum Gasteiger partial charge on any atom is 0.259 e. The number of nitrogens with one attached hydrogen (secondary N) is 1. The molecule has 9 heteroatoms. The molecule has 3 aromatic carbocycles. The standard InChI is InChI=1S/C25H20FN3O4.C6H13N/c1-27-20-18(26)12-16-22-24(20)33-19-7-6-14-4-2-3-5-15(14)21(19)29(22)13-17(23(16)30)25(31)28-8-10-32-11-9-28;1-2-7-5-3-4-6-7/h2-7,12-13,27H,8-11H2,1H3;2-6H2,1H3. The molecule has 2 fully saturated rings. The highest BCUT2D eigenvalue weighted by atomic mass is 19.1. The minimum absolute atomic E-state index is 0.00672. The molecule has 8 nitrogen and oxygen atoms in total. The summed E-state index contributed by atoms with van der Waals surface area (Å²) >= 11 is 0. The Bertz CT molecular complexity index is 1660. The van der Waals surface area contributed by atoms with Crippen molar-refractivity contribution in [3.8, 4) is 17.2 Å². The van der Waals surface area contributed by atoms with Crippen LogP contribution in [0.4, 0.5) is 10.1 Å². The lowest BCUT2D eigenvalue weighted by molar-refractivity contribution is 0.0302. The van der Waals surface area contributed by atoms with E-state index in [9.17, 15) is 9.59 Å². The first kappa shape index (κ1) is 26.3. The smallest absolute Gasteiger partial charge is 0.259 e. The van der Waals surface area contributed by atoms with Crippen LogP contribution in [-0.2, 0) is 4.74 Å². The second-order valence-electron chi connectivity index (χ2n) is 10.2. The van der Waals surface area contributed by atoms with Crippen LogP contribution in [-0.4, -0.2) is 73.3 Å². The monoisotopic (exact) mass is 544 g/mol. The zero-order valence-corrected chi connectivity index (χ0v) is 22.8. The summed E-state index contributed by atoms with van der Waals surface area (Å²) in [6.07, 6.45) is 4.42. The van der Waals surface area contributed by atoms with Gasteiger partial charge in [-0.3, -0.25) is 9.59 Å². The van der Waals surface area contributed by atoms with E-state index in [0.717, 1.165) is 10.8 Å². The van der Waals surface area contributed by atoms with Gasteiger partial charge in [-0.15, -0.1) is 0 Å². The number of aromatic nitrogens is 1. The molecule has 1 amide bonds. The van der Waals surface area contributed by atoms with Crippen molar-refractivity contribution in [2.75, 3.05) is 58.3 Å². The zero-order chi connectivity index (χ0) is 27.8. The van der Waals surface area contributed by atoms with Crippen LogP contribution < -0.4 is 15.5 Å². The number of carbonyl (C=O) groups excluding carboxylic acids is 1. The topological polar surface area (TPSA) is 76.0 Å². The Kier molecular flexibility index (Phi) is 7.16. The Morgan fingerprint density at radius 2 is 1.77 bits per heavy atom. The van der Waals surface area contributed by atoms with E-state index in [0.29, 0.717) is 43.3 Å². The van der Waals surface area contributed by atoms with Gasteiger partial charge in [0, 0.05) is 31.7 Å². The van der Waals surface area contributed by atoms with Gasteiger partial charge in [0.25, 0.3) is 5.91 Å². The predicted octanol–water partition coefficient (Wildman–Crippen LogP) is 5.00. The number of pyridine rings is 1. The number of ether oxygens (including phenoxy) is 2. The number of benzene rings is 3. The molecule has 1 aromatic heterocycles. The van der Waals surface area contributed by atoms with Crippen LogP contribution in [0.3, 0.4) is 0 Å². The highest BCUT2D eigenvalue weighted by molar-refractivity contribution is 6.04. The molecular weight excluding hydrogens is 511 g/mol. The Hall–Kier alpha value is -3.95. The summed E-state index contributed by atoms with van der Waals surface area (Å²) in [6.45, 7) is 7.80. The summed E-state index contributed by atoms with van der Waals surface area (Å²) in [5, 5.41) is 4.81. The second-order valence-corrected chi connectivity index (χ2v) is 10.2. The molecule has 0 bridgehead atoms. The van der Waals surface area contributed by atoms with Gasteiger partial charge in [-0.2, -0.15) is 0 Å². The van der Waals surface area contributed by atoms with E-state index in [1.54, 1.807) is 22.7 Å². The van der Waals surface area contributed by atoms with E-state index in [1.165, 1.54) is 38.5 Å². The summed E-state index contributed by atoms with van der Waals surface area (Å²) in [4.78, 5) is 30.9. The van der Waals surface area contributed by atoms with Crippen LogP contribution in [0.15, 0.2) is 53.5 Å². The zero-order valence-electron chi connectivity index (χ0n) is 22.8.